The van der Waals surface area contributed by atoms with Crippen molar-refractivity contribution in [2.24, 2.45) is 11.3 Å². The molecule has 2 nitrogen and oxygen atoms in total. The number of alkyl halides is 1. The van der Waals surface area contributed by atoms with Gasteiger partial charge in [0.15, 0.2) is 0 Å². The maximum Gasteiger partial charge on any atom is 0.226 e. The summed E-state index contributed by atoms with van der Waals surface area (Å²) in [7, 11) is 0. The quantitative estimate of drug-likeness (QED) is 0.762. The Kier molecular flexibility index (Phi) is 5.69. The highest BCUT2D eigenvalue weighted by atomic mass is 35.5. The zero-order valence-corrected chi connectivity index (χ0v) is 13.9. The average molecular weight is 308 g/mol. The Balaban J connectivity index is 1.95. The topological polar surface area (TPSA) is 29.1 Å². The molecule has 2 rings (SSSR count). The van der Waals surface area contributed by atoms with E-state index in [4.69, 9.17) is 11.6 Å². The van der Waals surface area contributed by atoms with Crippen molar-refractivity contribution in [2.75, 3.05) is 0 Å². The molecule has 21 heavy (non-hydrogen) atoms. The maximum absolute atomic E-state index is 12.7. The molecule has 0 bridgehead atoms. The van der Waals surface area contributed by atoms with Crippen LogP contribution in [0.5, 0.6) is 0 Å². The Morgan fingerprint density at radius 1 is 1.19 bits per heavy atom. The largest absolute Gasteiger partial charge is 0.352 e. The lowest BCUT2D eigenvalue weighted by Gasteiger charge is -2.29. The monoisotopic (exact) mass is 307 g/mol. The smallest absolute Gasteiger partial charge is 0.226 e. The average Bonchev–Trinajstić information content (AvgIpc) is 2.94. The Morgan fingerprint density at radius 3 is 2.29 bits per heavy atom. The van der Waals surface area contributed by atoms with Gasteiger partial charge < -0.3 is 5.32 Å². The van der Waals surface area contributed by atoms with Gasteiger partial charge in [-0.3, -0.25) is 4.79 Å². The molecule has 1 fully saturated rings. The van der Waals surface area contributed by atoms with Crippen LogP contribution >= 0.6 is 11.6 Å². The second-order valence-electron chi connectivity index (χ2n) is 6.72. The van der Waals surface area contributed by atoms with Gasteiger partial charge in [-0.25, -0.2) is 0 Å². The molecule has 0 atom stereocenters. The van der Waals surface area contributed by atoms with Gasteiger partial charge in [0, 0.05) is 17.8 Å². The fraction of sp³-hybridized carbons (Fsp3) is 0.611. The number of halogens is 1. The van der Waals surface area contributed by atoms with Gasteiger partial charge in [-0.2, -0.15) is 0 Å². The lowest BCUT2D eigenvalue weighted by Crippen LogP contribution is -2.39. The highest BCUT2D eigenvalue weighted by Gasteiger charge is 2.40. The van der Waals surface area contributed by atoms with Gasteiger partial charge in [0.1, 0.15) is 0 Å². The molecule has 0 heterocycles. The van der Waals surface area contributed by atoms with E-state index in [-0.39, 0.29) is 11.3 Å². The molecule has 1 N–H and O–H groups in total. The van der Waals surface area contributed by atoms with Crippen molar-refractivity contribution >= 4 is 17.5 Å². The van der Waals surface area contributed by atoms with E-state index in [1.165, 1.54) is 12.8 Å². The molecule has 1 aromatic carbocycles. The van der Waals surface area contributed by atoms with E-state index in [0.717, 1.165) is 30.4 Å². The van der Waals surface area contributed by atoms with Crippen LogP contribution in [0, 0.1) is 11.3 Å². The van der Waals surface area contributed by atoms with Crippen molar-refractivity contribution in [2.45, 2.75) is 58.4 Å². The Hall–Kier alpha value is -1.02. The van der Waals surface area contributed by atoms with E-state index in [9.17, 15) is 4.79 Å². The summed E-state index contributed by atoms with van der Waals surface area (Å²) in [6.45, 7) is 5.03. The molecule has 1 aromatic rings. The van der Waals surface area contributed by atoms with Crippen LogP contribution < -0.4 is 5.32 Å². The molecule has 0 aliphatic heterocycles. The zero-order chi connectivity index (χ0) is 15.3. The number of hydrogen-bond donors (Lipinski definition) is 1. The highest BCUT2D eigenvalue weighted by Crippen LogP contribution is 2.43. The second kappa shape index (κ2) is 7.31. The molecule has 0 spiro atoms. The third-order valence-electron chi connectivity index (χ3n) is 4.47. The van der Waals surface area contributed by atoms with E-state index in [0.29, 0.717) is 18.3 Å². The molecular formula is C18H26ClNO. The molecule has 0 unspecified atom stereocenters. The van der Waals surface area contributed by atoms with E-state index in [1.54, 1.807) is 0 Å². The van der Waals surface area contributed by atoms with Crippen LogP contribution in [-0.2, 0) is 17.2 Å². The van der Waals surface area contributed by atoms with Gasteiger partial charge in [-0.05, 0) is 36.3 Å². The summed E-state index contributed by atoms with van der Waals surface area (Å²) < 4.78 is 0. The minimum Gasteiger partial charge on any atom is -0.352 e. The first kappa shape index (κ1) is 16.4. The number of hydrogen-bond acceptors (Lipinski definition) is 1. The van der Waals surface area contributed by atoms with Crippen LogP contribution in [0.2, 0.25) is 0 Å². The Labute approximate surface area is 133 Å². The summed E-state index contributed by atoms with van der Waals surface area (Å²) in [6.07, 6.45) is 5.46. The molecule has 116 valence electrons. The van der Waals surface area contributed by atoms with Crippen molar-refractivity contribution in [3.63, 3.8) is 0 Å². The number of nitrogens with one attached hydrogen (secondary N) is 1. The molecular weight excluding hydrogens is 282 g/mol. The van der Waals surface area contributed by atoms with E-state index in [1.807, 2.05) is 24.3 Å². The standard InChI is InChI=1S/C18H26ClNO/c1-14(2)11-18(9-3-4-10-18)17(21)20-13-16-7-5-15(12-19)6-8-16/h5-8,14H,3-4,9-13H2,1-2H3,(H,20,21). The van der Waals surface area contributed by atoms with Crippen LogP contribution in [-0.4, -0.2) is 5.91 Å². The summed E-state index contributed by atoms with van der Waals surface area (Å²) in [4.78, 5) is 12.7. The number of benzene rings is 1. The van der Waals surface area contributed by atoms with Crippen LogP contribution in [0.15, 0.2) is 24.3 Å². The van der Waals surface area contributed by atoms with E-state index >= 15 is 0 Å². The molecule has 0 radical (unpaired) electrons. The molecule has 1 saturated carbocycles. The van der Waals surface area contributed by atoms with Crippen molar-refractivity contribution in [3.05, 3.63) is 35.4 Å². The predicted octanol–water partition coefficient (Wildman–Crippen LogP) is 4.65. The summed E-state index contributed by atoms with van der Waals surface area (Å²) in [5.41, 5.74) is 2.12. The van der Waals surface area contributed by atoms with Gasteiger partial charge in [0.2, 0.25) is 5.91 Å². The third kappa shape index (κ3) is 4.23. The van der Waals surface area contributed by atoms with Gasteiger partial charge in [0.25, 0.3) is 0 Å². The molecule has 0 aromatic heterocycles. The number of amides is 1. The van der Waals surface area contributed by atoms with Gasteiger partial charge >= 0.3 is 0 Å². The minimum absolute atomic E-state index is 0.121. The minimum atomic E-state index is -0.121. The number of carbonyl (C=O) groups excluding carboxylic acids is 1. The highest BCUT2D eigenvalue weighted by molar-refractivity contribution is 6.17. The SMILES string of the molecule is CC(C)CC1(C(=O)NCc2ccc(CCl)cc2)CCCC1. The molecule has 1 aliphatic carbocycles. The first-order chi connectivity index (χ1) is 10.1. The van der Waals surface area contributed by atoms with Crippen LogP contribution in [0.25, 0.3) is 0 Å². The van der Waals surface area contributed by atoms with Gasteiger partial charge in [0.05, 0.1) is 0 Å². The summed E-state index contributed by atoms with van der Waals surface area (Å²) in [6, 6.07) is 8.13. The molecule has 1 amide bonds. The van der Waals surface area contributed by atoms with Crippen LogP contribution in [0.3, 0.4) is 0 Å². The van der Waals surface area contributed by atoms with Crippen molar-refractivity contribution in [1.82, 2.24) is 5.32 Å². The number of rotatable bonds is 6. The van der Waals surface area contributed by atoms with Gasteiger partial charge in [-0.15, -0.1) is 11.6 Å². The predicted molar refractivity (Wildman–Crippen MR) is 88.2 cm³/mol. The summed E-state index contributed by atoms with van der Waals surface area (Å²) in [5.74, 6) is 1.34. The van der Waals surface area contributed by atoms with Crippen LogP contribution in [0.1, 0.15) is 57.1 Å². The molecule has 1 aliphatic rings. The Bertz CT molecular complexity index is 461. The second-order valence-corrected chi connectivity index (χ2v) is 6.99. The van der Waals surface area contributed by atoms with Gasteiger partial charge in [-0.1, -0.05) is 51.0 Å². The first-order valence-corrected chi connectivity index (χ1v) is 8.51. The molecule has 3 heteroatoms. The lowest BCUT2D eigenvalue weighted by molar-refractivity contribution is -0.132. The summed E-state index contributed by atoms with van der Waals surface area (Å²) in [5, 5.41) is 3.15. The van der Waals surface area contributed by atoms with Crippen LogP contribution in [0.4, 0.5) is 0 Å². The van der Waals surface area contributed by atoms with Crippen molar-refractivity contribution in [1.29, 1.82) is 0 Å². The normalized spacial score (nSPS) is 17.1. The Morgan fingerprint density at radius 2 is 1.76 bits per heavy atom. The summed E-state index contributed by atoms with van der Waals surface area (Å²) >= 11 is 5.79. The molecule has 0 saturated heterocycles. The van der Waals surface area contributed by atoms with Crippen molar-refractivity contribution < 1.29 is 4.79 Å². The van der Waals surface area contributed by atoms with E-state index in [2.05, 4.69) is 19.2 Å². The maximum atomic E-state index is 12.7. The number of carbonyl (C=O) groups is 1. The fourth-order valence-electron chi connectivity index (χ4n) is 3.47. The lowest BCUT2D eigenvalue weighted by atomic mass is 9.77. The fourth-order valence-corrected chi connectivity index (χ4v) is 3.65. The zero-order valence-electron chi connectivity index (χ0n) is 13.1. The first-order valence-electron chi connectivity index (χ1n) is 7.98. The third-order valence-corrected chi connectivity index (χ3v) is 4.78. The van der Waals surface area contributed by atoms with E-state index < -0.39 is 0 Å². The van der Waals surface area contributed by atoms with Crippen molar-refractivity contribution in [3.8, 4) is 0 Å².